The summed E-state index contributed by atoms with van der Waals surface area (Å²) in [6.07, 6.45) is -4.65. The van der Waals surface area contributed by atoms with Crippen molar-refractivity contribution in [2.75, 3.05) is 18.5 Å². The molecular formula is C12H12F3NO4. The summed E-state index contributed by atoms with van der Waals surface area (Å²) in [5, 5.41) is 11.1. The van der Waals surface area contributed by atoms with Crippen LogP contribution in [0.5, 0.6) is 0 Å². The third-order valence-electron chi connectivity index (χ3n) is 2.29. The average Bonchev–Trinajstić information content (AvgIpc) is 2.35. The summed E-state index contributed by atoms with van der Waals surface area (Å²) in [7, 11) is 0. The smallest absolute Gasteiger partial charge is 0.416 e. The number of nitrogens with one attached hydrogen (secondary N) is 1. The summed E-state index contributed by atoms with van der Waals surface area (Å²) < 4.78 is 42.3. The van der Waals surface area contributed by atoms with Gasteiger partial charge in [-0.2, -0.15) is 13.2 Å². The van der Waals surface area contributed by atoms with Crippen molar-refractivity contribution in [3.8, 4) is 0 Å². The molecule has 2 N–H and O–H groups in total. The van der Waals surface area contributed by atoms with E-state index in [2.05, 4.69) is 5.32 Å². The number of benzene rings is 1. The van der Waals surface area contributed by atoms with Gasteiger partial charge in [-0.3, -0.25) is 4.79 Å². The quantitative estimate of drug-likeness (QED) is 0.873. The van der Waals surface area contributed by atoms with Crippen LogP contribution in [0.4, 0.5) is 18.9 Å². The second-order valence-corrected chi connectivity index (χ2v) is 3.75. The van der Waals surface area contributed by atoms with Gasteiger partial charge in [-0.25, -0.2) is 4.79 Å². The Balaban J connectivity index is 3.02. The van der Waals surface area contributed by atoms with Crippen LogP contribution in [0.2, 0.25) is 0 Å². The van der Waals surface area contributed by atoms with Crippen molar-refractivity contribution in [2.45, 2.75) is 13.1 Å². The van der Waals surface area contributed by atoms with Crippen LogP contribution in [0, 0.1) is 0 Å². The van der Waals surface area contributed by atoms with Crippen LogP contribution >= 0.6 is 0 Å². The number of ether oxygens (including phenoxy) is 1. The maximum Gasteiger partial charge on any atom is 0.416 e. The maximum absolute atomic E-state index is 12.5. The van der Waals surface area contributed by atoms with Crippen molar-refractivity contribution in [1.29, 1.82) is 0 Å². The molecule has 1 aromatic carbocycles. The highest BCUT2D eigenvalue weighted by Gasteiger charge is 2.32. The molecule has 0 aliphatic rings. The number of aromatic carboxylic acids is 1. The highest BCUT2D eigenvalue weighted by atomic mass is 19.4. The predicted molar refractivity (Wildman–Crippen MR) is 63.5 cm³/mol. The van der Waals surface area contributed by atoms with Gasteiger partial charge in [0.05, 0.1) is 16.8 Å². The van der Waals surface area contributed by atoms with Crippen LogP contribution in [0.3, 0.4) is 0 Å². The highest BCUT2D eigenvalue weighted by molar-refractivity contribution is 6.01. The molecule has 20 heavy (non-hydrogen) atoms. The molecule has 0 fully saturated rings. The molecule has 0 aliphatic carbocycles. The fourth-order valence-corrected chi connectivity index (χ4v) is 1.39. The summed E-state index contributed by atoms with van der Waals surface area (Å²) >= 11 is 0. The largest absolute Gasteiger partial charge is 0.478 e. The Labute approximate surface area is 112 Å². The molecular weight excluding hydrogens is 279 g/mol. The summed E-state index contributed by atoms with van der Waals surface area (Å²) in [5.74, 6) is -2.21. The monoisotopic (exact) mass is 291 g/mol. The zero-order chi connectivity index (χ0) is 15.3. The first-order valence-electron chi connectivity index (χ1n) is 5.57. The van der Waals surface area contributed by atoms with E-state index in [-0.39, 0.29) is 18.9 Å². The van der Waals surface area contributed by atoms with Crippen LogP contribution in [-0.2, 0) is 15.7 Å². The molecule has 0 radical (unpaired) electrons. The molecule has 1 rings (SSSR count). The second-order valence-electron chi connectivity index (χ2n) is 3.75. The number of carboxylic acid groups (broad SMARTS) is 1. The Morgan fingerprint density at radius 2 is 2.00 bits per heavy atom. The molecule has 110 valence electrons. The van der Waals surface area contributed by atoms with Gasteiger partial charge in [0, 0.05) is 6.61 Å². The topological polar surface area (TPSA) is 75.6 Å². The number of amides is 1. The molecule has 0 bridgehead atoms. The molecule has 0 atom stereocenters. The van der Waals surface area contributed by atoms with Crippen LogP contribution in [0.25, 0.3) is 0 Å². The van der Waals surface area contributed by atoms with E-state index in [4.69, 9.17) is 9.84 Å². The minimum absolute atomic E-state index is 0.213. The number of rotatable bonds is 5. The van der Waals surface area contributed by atoms with Crippen molar-refractivity contribution in [3.63, 3.8) is 0 Å². The van der Waals surface area contributed by atoms with Gasteiger partial charge in [0.25, 0.3) is 0 Å². The fourth-order valence-electron chi connectivity index (χ4n) is 1.39. The summed E-state index contributed by atoms with van der Waals surface area (Å²) in [5.41, 5.74) is -1.95. The van der Waals surface area contributed by atoms with Crippen LogP contribution < -0.4 is 5.32 Å². The number of carbonyl (C=O) groups excluding carboxylic acids is 1. The normalized spacial score (nSPS) is 11.2. The standard InChI is InChI=1S/C12H12F3NO4/c1-2-20-6-10(17)16-9-4-3-7(12(13,14)15)5-8(9)11(18)19/h3-5H,2,6H2,1H3,(H,16,17)(H,18,19). The van der Waals surface area contributed by atoms with E-state index >= 15 is 0 Å². The Kier molecular flexibility index (Phi) is 5.09. The first kappa shape index (κ1) is 16.0. The third kappa shape index (κ3) is 4.23. The molecule has 0 heterocycles. The lowest BCUT2D eigenvalue weighted by molar-refractivity contribution is -0.137. The van der Waals surface area contributed by atoms with Gasteiger partial charge in [0.2, 0.25) is 5.91 Å². The molecule has 0 aromatic heterocycles. The highest BCUT2D eigenvalue weighted by Crippen LogP contribution is 2.31. The second kappa shape index (κ2) is 6.38. The molecule has 1 aromatic rings. The Morgan fingerprint density at radius 3 is 2.50 bits per heavy atom. The van der Waals surface area contributed by atoms with Crippen molar-refractivity contribution in [3.05, 3.63) is 29.3 Å². The van der Waals surface area contributed by atoms with Crippen molar-refractivity contribution in [2.24, 2.45) is 0 Å². The molecule has 8 heteroatoms. The minimum Gasteiger partial charge on any atom is -0.478 e. The van der Waals surface area contributed by atoms with E-state index in [0.717, 1.165) is 6.07 Å². The molecule has 0 spiro atoms. The fraction of sp³-hybridized carbons (Fsp3) is 0.333. The SMILES string of the molecule is CCOCC(=O)Nc1ccc(C(F)(F)F)cc1C(=O)O. The first-order valence-corrected chi connectivity index (χ1v) is 5.57. The van der Waals surface area contributed by atoms with E-state index in [1.807, 2.05) is 0 Å². The Morgan fingerprint density at radius 1 is 1.35 bits per heavy atom. The molecule has 5 nitrogen and oxygen atoms in total. The van der Waals surface area contributed by atoms with Crippen molar-refractivity contribution < 1.29 is 32.6 Å². The number of hydrogen-bond donors (Lipinski definition) is 2. The van der Waals surface area contributed by atoms with E-state index in [9.17, 15) is 22.8 Å². The first-order chi connectivity index (χ1) is 9.25. The lowest BCUT2D eigenvalue weighted by Crippen LogP contribution is -2.20. The van der Waals surface area contributed by atoms with Gasteiger partial charge in [0.15, 0.2) is 0 Å². The zero-order valence-corrected chi connectivity index (χ0v) is 10.5. The van der Waals surface area contributed by atoms with E-state index in [0.29, 0.717) is 12.1 Å². The van der Waals surface area contributed by atoms with Gasteiger partial charge >= 0.3 is 12.1 Å². The summed E-state index contributed by atoms with van der Waals surface area (Å²) in [4.78, 5) is 22.3. The number of anilines is 1. The number of halogens is 3. The van der Waals surface area contributed by atoms with Gasteiger partial charge in [-0.15, -0.1) is 0 Å². The van der Waals surface area contributed by atoms with E-state index < -0.39 is 29.2 Å². The molecule has 0 saturated heterocycles. The predicted octanol–water partition coefficient (Wildman–Crippen LogP) is 2.38. The summed E-state index contributed by atoms with van der Waals surface area (Å²) in [6.45, 7) is 1.64. The Bertz CT molecular complexity index is 514. The molecule has 0 aliphatic heterocycles. The number of carbonyl (C=O) groups is 2. The number of alkyl halides is 3. The molecule has 0 saturated carbocycles. The molecule has 0 unspecified atom stereocenters. The van der Waals surface area contributed by atoms with Crippen LogP contribution in [0.1, 0.15) is 22.8 Å². The molecule has 1 amide bonds. The van der Waals surface area contributed by atoms with Gasteiger partial charge in [-0.05, 0) is 25.1 Å². The van der Waals surface area contributed by atoms with Gasteiger partial charge in [0.1, 0.15) is 6.61 Å². The van der Waals surface area contributed by atoms with Crippen molar-refractivity contribution in [1.82, 2.24) is 0 Å². The zero-order valence-electron chi connectivity index (χ0n) is 10.5. The van der Waals surface area contributed by atoms with E-state index in [1.165, 1.54) is 0 Å². The van der Waals surface area contributed by atoms with Crippen LogP contribution in [-0.4, -0.2) is 30.2 Å². The van der Waals surface area contributed by atoms with Crippen LogP contribution in [0.15, 0.2) is 18.2 Å². The summed E-state index contributed by atoms with van der Waals surface area (Å²) in [6, 6.07) is 2.07. The Hall–Kier alpha value is -2.09. The lowest BCUT2D eigenvalue weighted by atomic mass is 10.1. The van der Waals surface area contributed by atoms with Gasteiger partial charge in [-0.1, -0.05) is 0 Å². The minimum atomic E-state index is -4.65. The lowest BCUT2D eigenvalue weighted by Gasteiger charge is -2.12. The maximum atomic E-state index is 12.5. The van der Waals surface area contributed by atoms with Gasteiger partial charge < -0.3 is 15.2 Å². The van der Waals surface area contributed by atoms with Crippen molar-refractivity contribution >= 4 is 17.6 Å². The number of hydrogen-bond acceptors (Lipinski definition) is 3. The average molecular weight is 291 g/mol. The third-order valence-corrected chi connectivity index (χ3v) is 2.29. The number of carboxylic acids is 1. The van der Waals surface area contributed by atoms with E-state index in [1.54, 1.807) is 6.92 Å².